The minimum Gasteiger partial charge on any atom is -0.481 e. The van der Waals surface area contributed by atoms with E-state index in [4.69, 9.17) is 9.84 Å². The highest BCUT2D eigenvalue weighted by atomic mass is 16.5. The van der Waals surface area contributed by atoms with Gasteiger partial charge < -0.3 is 14.3 Å². The molecule has 0 aliphatic heterocycles. The second-order valence-electron chi connectivity index (χ2n) is 4.45. The first-order valence-corrected chi connectivity index (χ1v) is 4.99. The van der Waals surface area contributed by atoms with Crippen LogP contribution in [-0.2, 0) is 9.53 Å². The van der Waals surface area contributed by atoms with Gasteiger partial charge >= 0.3 is 5.97 Å². The van der Waals surface area contributed by atoms with Gasteiger partial charge in [0.2, 0.25) is 0 Å². The third-order valence-electron chi connectivity index (χ3n) is 2.08. The standard InChI is InChI=1S/C10H21NO3/c1-9(2)14-8-7-11(3,4)6-5-10(12)13/h9H,5-8H2,1-4H3/p+1. The molecule has 0 fully saturated rings. The van der Waals surface area contributed by atoms with E-state index in [2.05, 4.69) is 0 Å². The first-order valence-electron chi connectivity index (χ1n) is 4.99. The van der Waals surface area contributed by atoms with Crippen molar-refractivity contribution in [1.82, 2.24) is 0 Å². The van der Waals surface area contributed by atoms with Crippen molar-refractivity contribution in [3.63, 3.8) is 0 Å². The number of aliphatic carboxylic acids is 1. The Balaban J connectivity index is 3.66. The maximum absolute atomic E-state index is 10.4. The summed E-state index contributed by atoms with van der Waals surface area (Å²) < 4.78 is 6.11. The van der Waals surface area contributed by atoms with Crippen LogP contribution in [-0.4, -0.2) is 55.5 Å². The number of carboxylic acid groups (broad SMARTS) is 1. The Bertz CT molecular complexity index is 178. The SMILES string of the molecule is CC(C)OCC[N+](C)(C)CCC(=O)O. The Labute approximate surface area is 86.1 Å². The van der Waals surface area contributed by atoms with Crippen molar-refractivity contribution in [3.8, 4) is 0 Å². The van der Waals surface area contributed by atoms with E-state index in [0.29, 0.717) is 17.6 Å². The summed E-state index contributed by atoms with van der Waals surface area (Å²) in [6.45, 7) is 6.18. The molecule has 0 bridgehead atoms. The molecular formula is C10H22NO3+. The van der Waals surface area contributed by atoms with Gasteiger partial charge in [0.05, 0.1) is 39.8 Å². The van der Waals surface area contributed by atoms with E-state index >= 15 is 0 Å². The van der Waals surface area contributed by atoms with Gasteiger partial charge in [-0.3, -0.25) is 4.79 Å². The van der Waals surface area contributed by atoms with E-state index in [0.717, 1.165) is 6.54 Å². The van der Waals surface area contributed by atoms with Crippen LogP contribution in [0.4, 0.5) is 0 Å². The molecule has 0 aromatic rings. The van der Waals surface area contributed by atoms with Crippen LogP contribution in [0.15, 0.2) is 0 Å². The fourth-order valence-electron chi connectivity index (χ4n) is 1.05. The lowest BCUT2D eigenvalue weighted by atomic mass is 10.3. The summed E-state index contributed by atoms with van der Waals surface area (Å²) in [5, 5.41) is 8.55. The van der Waals surface area contributed by atoms with Crippen molar-refractivity contribution < 1.29 is 19.1 Å². The van der Waals surface area contributed by atoms with Gasteiger partial charge in [-0.1, -0.05) is 0 Å². The molecule has 0 amide bonds. The van der Waals surface area contributed by atoms with Crippen molar-refractivity contribution in [2.75, 3.05) is 33.8 Å². The predicted molar refractivity (Wildman–Crippen MR) is 55.2 cm³/mol. The molecule has 4 heteroatoms. The van der Waals surface area contributed by atoms with E-state index in [9.17, 15) is 4.79 Å². The maximum atomic E-state index is 10.4. The second-order valence-corrected chi connectivity index (χ2v) is 4.45. The fourth-order valence-corrected chi connectivity index (χ4v) is 1.05. The zero-order chi connectivity index (χ0) is 11.2. The lowest BCUT2D eigenvalue weighted by Crippen LogP contribution is -2.44. The molecule has 0 atom stereocenters. The molecule has 84 valence electrons. The lowest BCUT2D eigenvalue weighted by molar-refractivity contribution is -0.890. The summed E-state index contributed by atoms with van der Waals surface area (Å²) in [6.07, 6.45) is 0.462. The average molecular weight is 204 g/mol. The highest BCUT2D eigenvalue weighted by Gasteiger charge is 2.16. The summed E-state index contributed by atoms with van der Waals surface area (Å²) >= 11 is 0. The van der Waals surface area contributed by atoms with E-state index < -0.39 is 5.97 Å². The van der Waals surface area contributed by atoms with Gasteiger partial charge in [-0.05, 0) is 13.8 Å². The van der Waals surface area contributed by atoms with Crippen molar-refractivity contribution in [2.45, 2.75) is 26.4 Å². The van der Waals surface area contributed by atoms with E-state index in [-0.39, 0.29) is 12.5 Å². The molecule has 0 aromatic heterocycles. The summed E-state index contributed by atoms with van der Waals surface area (Å²) in [5.41, 5.74) is 0. The third-order valence-corrected chi connectivity index (χ3v) is 2.08. The van der Waals surface area contributed by atoms with Gasteiger partial charge in [0, 0.05) is 0 Å². The first-order chi connectivity index (χ1) is 6.33. The van der Waals surface area contributed by atoms with E-state index in [1.54, 1.807) is 0 Å². The highest BCUT2D eigenvalue weighted by molar-refractivity contribution is 5.66. The van der Waals surface area contributed by atoms with Gasteiger partial charge in [-0.2, -0.15) is 0 Å². The van der Waals surface area contributed by atoms with Crippen LogP contribution in [0.1, 0.15) is 20.3 Å². The molecule has 0 saturated carbocycles. The summed E-state index contributed by atoms with van der Waals surface area (Å²) in [5.74, 6) is -0.735. The number of nitrogens with zero attached hydrogens (tertiary/aromatic N) is 1. The number of ether oxygens (including phenoxy) is 1. The molecule has 0 aliphatic rings. The number of hydrogen-bond acceptors (Lipinski definition) is 2. The van der Waals surface area contributed by atoms with Gasteiger partial charge in [-0.15, -0.1) is 0 Å². The van der Waals surface area contributed by atoms with Gasteiger partial charge in [0.1, 0.15) is 6.54 Å². The minimum atomic E-state index is -0.735. The van der Waals surface area contributed by atoms with Crippen LogP contribution < -0.4 is 0 Å². The molecule has 0 saturated heterocycles. The van der Waals surface area contributed by atoms with Gasteiger partial charge in [-0.25, -0.2) is 0 Å². The summed E-state index contributed by atoms with van der Waals surface area (Å²) in [7, 11) is 4.04. The molecule has 0 radical (unpaired) electrons. The Morgan fingerprint density at radius 1 is 1.36 bits per heavy atom. The first kappa shape index (κ1) is 13.4. The van der Waals surface area contributed by atoms with E-state index in [1.807, 2.05) is 27.9 Å². The molecule has 0 spiro atoms. The summed E-state index contributed by atoms with van der Waals surface area (Å²) in [6, 6.07) is 0. The van der Waals surface area contributed by atoms with Crippen LogP contribution in [0.25, 0.3) is 0 Å². The quantitative estimate of drug-likeness (QED) is 0.628. The zero-order valence-corrected chi connectivity index (χ0v) is 9.62. The molecular weight excluding hydrogens is 182 g/mol. The van der Waals surface area contributed by atoms with Crippen LogP contribution in [0.3, 0.4) is 0 Å². The topological polar surface area (TPSA) is 46.5 Å². The molecule has 0 heterocycles. The van der Waals surface area contributed by atoms with Gasteiger partial charge in [0.15, 0.2) is 0 Å². The number of likely N-dealkylation sites (N-methyl/N-ethyl adjacent to an activating group) is 1. The number of carbonyl (C=O) groups is 1. The monoisotopic (exact) mass is 204 g/mol. The van der Waals surface area contributed by atoms with Crippen LogP contribution >= 0.6 is 0 Å². The summed E-state index contributed by atoms with van der Waals surface area (Å²) in [4.78, 5) is 10.4. The van der Waals surface area contributed by atoms with Crippen LogP contribution in [0, 0.1) is 0 Å². The van der Waals surface area contributed by atoms with Crippen molar-refractivity contribution in [2.24, 2.45) is 0 Å². The largest absolute Gasteiger partial charge is 0.481 e. The number of rotatable bonds is 7. The number of quaternary nitrogens is 1. The van der Waals surface area contributed by atoms with Crippen molar-refractivity contribution in [3.05, 3.63) is 0 Å². The Morgan fingerprint density at radius 3 is 2.36 bits per heavy atom. The Hall–Kier alpha value is -0.610. The molecule has 14 heavy (non-hydrogen) atoms. The van der Waals surface area contributed by atoms with Crippen LogP contribution in [0.2, 0.25) is 0 Å². The lowest BCUT2D eigenvalue weighted by Gasteiger charge is -2.29. The molecule has 4 nitrogen and oxygen atoms in total. The van der Waals surface area contributed by atoms with Gasteiger partial charge in [0.25, 0.3) is 0 Å². The van der Waals surface area contributed by atoms with Crippen molar-refractivity contribution in [1.29, 1.82) is 0 Å². The predicted octanol–water partition coefficient (Wildman–Crippen LogP) is 0.962. The third kappa shape index (κ3) is 8.01. The Morgan fingerprint density at radius 2 is 1.93 bits per heavy atom. The smallest absolute Gasteiger partial charge is 0.309 e. The number of hydrogen-bond donors (Lipinski definition) is 1. The van der Waals surface area contributed by atoms with Crippen LogP contribution in [0.5, 0.6) is 0 Å². The number of carboxylic acids is 1. The average Bonchev–Trinajstić information content (AvgIpc) is 2.00. The molecule has 0 aliphatic carbocycles. The van der Waals surface area contributed by atoms with E-state index in [1.165, 1.54) is 0 Å². The van der Waals surface area contributed by atoms with Crippen molar-refractivity contribution >= 4 is 5.97 Å². The minimum absolute atomic E-state index is 0.217. The Kier molecular flexibility index (Phi) is 5.72. The fraction of sp³-hybridized carbons (Fsp3) is 0.900. The second kappa shape index (κ2) is 5.98. The molecule has 0 aromatic carbocycles. The maximum Gasteiger partial charge on any atom is 0.309 e. The molecule has 1 N–H and O–H groups in total. The zero-order valence-electron chi connectivity index (χ0n) is 9.62. The normalized spacial score (nSPS) is 12.1. The highest BCUT2D eigenvalue weighted by Crippen LogP contribution is 2.00. The molecule has 0 unspecified atom stereocenters. The molecule has 0 rings (SSSR count).